The van der Waals surface area contributed by atoms with Gasteiger partial charge in [0.25, 0.3) is 0 Å². The minimum Gasteiger partial charge on any atom is -0.381 e. The highest BCUT2D eigenvalue weighted by molar-refractivity contribution is 7.99. The summed E-state index contributed by atoms with van der Waals surface area (Å²) in [7, 11) is -3.10. The highest BCUT2D eigenvalue weighted by atomic mass is 32.2. The maximum Gasteiger partial charge on any atom is 0.178 e. The van der Waals surface area contributed by atoms with E-state index in [2.05, 4.69) is 11.6 Å². The van der Waals surface area contributed by atoms with Crippen LogP contribution in [0.5, 0.6) is 0 Å². The van der Waals surface area contributed by atoms with Crippen molar-refractivity contribution in [2.24, 2.45) is 0 Å². The van der Waals surface area contributed by atoms with E-state index in [1.165, 1.54) is 25.7 Å². The summed E-state index contributed by atoms with van der Waals surface area (Å²) in [6.07, 6.45) is 7.22. The first-order valence-electron chi connectivity index (χ1n) is 7.19. The number of hydrogen-bond acceptors (Lipinski definition) is 4. The molecule has 0 heterocycles. The summed E-state index contributed by atoms with van der Waals surface area (Å²) in [6, 6.07) is 7.67. The number of rotatable bonds is 5. The molecule has 0 saturated heterocycles. The van der Waals surface area contributed by atoms with Crippen molar-refractivity contribution in [2.45, 2.75) is 48.8 Å². The molecule has 2 atom stereocenters. The highest BCUT2D eigenvalue weighted by Crippen LogP contribution is 2.29. The Labute approximate surface area is 126 Å². The smallest absolute Gasteiger partial charge is 0.178 e. The summed E-state index contributed by atoms with van der Waals surface area (Å²) in [5.41, 5.74) is 1.02. The lowest BCUT2D eigenvalue weighted by Gasteiger charge is -2.31. The van der Waals surface area contributed by atoms with Crippen molar-refractivity contribution >= 4 is 27.3 Å². The van der Waals surface area contributed by atoms with Crippen LogP contribution >= 0.6 is 11.8 Å². The Morgan fingerprint density at radius 2 is 1.85 bits per heavy atom. The van der Waals surface area contributed by atoms with E-state index >= 15 is 0 Å². The zero-order valence-corrected chi connectivity index (χ0v) is 13.8. The first-order chi connectivity index (χ1) is 9.56. The molecule has 1 aromatic carbocycles. The van der Waals surface area contributed by atoms with Crippen molar-refractivity contribution in [3.63, 3.8) is 0 Å². The summed E-state index contributed by atoms with van der Waals surface area (Å²) in [5.74, 6) is 0.150. The standard InChI is InChI=1S/C15H23NO2S2/c1-3-20(17,18)13-10-8-12(9-11-13)16-14-6-4-5-7-15(14)19-2/h8-11,14-16H,3-7H2,1-2H3. The average Bonchev–Trinajstić information content (AvgIpc) is 2.48. The number of nitrogens with one attached hydrogen (secondary N) is 1. The van der Waals surface area contributed by atoms with Crippen LogP contribution in [0.15, 0.2) is 29.2 Å². The number of hydrogen-bond donors (Lipinski definition) is 1. The number of anilines is 1. The molecule has 1 saturated carbocycles. The highest BCUT2D eigenvalue weighted by Gasteiger charge is 2.24. The van der Waals surface area contributed by atoms with E-state index in [9.17, 15) is 8.42 Å². The Hall–Kier alpha value is -0.680. The molecule has 2 rings (SSSR count). The van der Waals surface area contributed by atoms with Crippen LogP contribution in [-0.2, 0) is 9.84 Å². The van der Waals surface area contributed by atoms with Gasteiger partial charge in [0.2, 0.25) is 0 Å². The molecule has 112 valence electrons. The van der Waals surface area contributed by atoms with Crippen molar-refractivity contribution in [2.75, 3.05) is 17.3 Å². The van der Waals surface area contributed by atoms with Crippen LogP contribution in [0, 0.1) is 0 Å². The molecule has 5 heteroatoms. The average molecular weight is 313 g/mol. The van der Waals surface area contributed by atoms with E-state index in [1.54, 1.807) is 19.1 Å². The maximum absolute atomic E-state index is 11.8. The van der Waals surface area contributed by atoms with E-state index in [0.717, 1.165) is 5.69 Å². The van der Waals surface area contributed by atoms with Crippen LogP contribution in [0.1, 0.15) is 32.6 Å². The summed E-state index contributed by atoms with van der Waals surface area (Å²) >= 11 is 1.93. The molecule has 0 aliphatic heterocycles. The Morgan fingerprint density at radius 3 is 2.45 bits per heavy atom. The molecule has 1 N–H and O–H groups in total. The Kier molecular flexibility index (Phi) is 5.38. The summed E-state index contributed by atoms with van der Waals surface area (Å²) in [5, 5.41) is 4.22. The van der Waals surface area contributed by atoms with Crippen molar-refractivity contribution in [3.05, 3.63) is 24.3 Å². The predicted molar refractivity (Wildman–Crippen MR) is 87.4 cm³/mol. The summed E-state index contributed by atoms with van der Waals surface area (Å²) < 4.78 is 23.6. The minimum atomic E-state index is -3.10. The van der Waals surface area contributed by atoms with E-state index in [-0.39, 0.29) is 5.75 Å². The van der Waals surface area contributed by atoms with Gasteiger partial charge in [0.1, 0.15) is 0 Å². The van der Waals surface area contributed by atoms with Gasteiger partial charge in [0.15, 0.2) is 9.84 Å². The molecule has 0 spiro atoms. The van der Waals surface area contributed by atoms with E-state index in [1.807, 2.05) is 23.9 Å². The van der Waals surface area contributed by atoms with Crippen molar-refractivity contribution < 1.29 is 8.42 Å². The fourth-order valence-electron chi connectivity index (χ4n) is 2.68. The molecule has 1 aliphatic carbocycles. The van der Waals surface area contributed by atoms with Crippen molar-refractivity contribution in [3.8, 4) is 0 Å². The Morgan fingerprint density at radius 1 is 1.20 bits per heavy atom. The molecule has 1 aliphatic rings. The number of sulfone groups is 1. The third-order valence-electron chi connectivity index (χ3n) is 3.95. The van der Waals surface area contributed by atoms with Crippen LogP contribution in [0.25, 0.3) is 0 Å². The van der Waals surface area contributed by atoms with Gasteiger partial charge < -0.3 is 5.32 Å². The largest absolute Gasteiger partial charge is 0.381 e. The van der Waals surface area contributed by atoms with Crippen molar-refractivity contribution in [1.82, 2.24) is 0 Å². The number of benzene rings is 1. The lowest BCUT2D eigenvalue weighted by molar-refractivity contribution is 0.475. The first-order valence-corrected chi connectivity index (χ1v) is 10.1. The van der Waals surface area contributed by atoms with Crippen LogP contribution in [0.3, 0.4) is 0 Å². The SMILES string of the molecule is CCS(=O)(=O)c1ccc(NC2CCCCC2SC)cc1. The summed E-state index contributed by atoms with van der Waals surface area (Å²) in [4.78, 5) is 0.413. The molecule has 2 unspecified atom stereocenters. The van der Waals surface area contributed by atoms with E-state index < -0.39 is 9.84 Å². The molecule has 1 aromatic rings. The molecule has 3 nitrogen and oxygen atoms in total. The van der Waals surface area contributed by atoms with Gasteiger partial charge in [-0.3, -0.25) is 0 Å². The van der Waals surface area contributed by atoms with Gasteiger partial charge in [-0.05, 0) is 43.4 Å². The van der Waals surface area contributed by atoms with Crippen LogP contribution < -0.4 is 5.32 Å². The fourth-order valence-corrected chi connectivity index (χ4v) is 4.50. The minimum absolute atomic E-state index is 0.150. The second kappa shape index (κ2) is 6.85. The summed E-state index contributed by atoms with van der Waals surface area (Å²) in [6.45, 7) is 1.67. The Balaban J connectivity index is 2.07. The van der Waals surface area contributed by atoms with E-state index in [4.69, 9.17) is 0 Å². The van der Waals surface area contributed by atoms with Gasteiger partial charge in [0.05, 0.1) is 10.6 Å². The second-order valence-corrected chi connectivity index (χ2v) is 8.59. The zero-order valence-electron chi connectivity index (χ0n) is 12.1. The third kappa shape index (κ3) is 3.70. The monoisotopic (exact) mass is 313 g/mol. The van der Waals surface area contributed by atoms with Gasteiger partial charge in [-0.25, -0.2) is 8.42 Å². The van der Waals surface area contributed by atoms with E-state index in [0.29, 0.717) is 16.2 Å². The fraction of sp³-hybridized carbons (Fsp3) is 0.600. The first kappa shape index (κ1) is 15.7. The lowest BCUT2D eigenvalue weighted by atomic mass is 9.94. The predicted octanol–water partition coefficient (Wildman–Crippen LogP) is 3.57. The van der Waals surface area contributed by atoms with Crippen LogP contribution in [0.2, 0.25) is 0 Å². The van der Waals surface area contributed by atoms with Gasteiger partial charge in [0, 0.05) is 17.0 Å². The molecular formula is C15H23NO2S2. The molecular weight excluding hydrogens is 290 g/mol. The molecule has 0 radical (unpaired) electrons. The van der Waals surface area contributed by atoms with Gasteiger partial charge in [-0.2, -0.15) is 11.8 Å². The molecule has 0 bridgehead atoms. The van der Waals surface area contributed by atoms with Crippen molar-refractivity contribution in [1.29, 1.82) is 0 Å². The lowest BCUT2D eigenvalue weighted by Crippen LogP contribution is -2.34. The van der Waals surface area contributed by atoms with Gasteiger partial charge in [-0.1, -0.05) is 19.8 Å². The third-order valence-corrected chi connectivity index (χ3v) is 6.87. The number of thioether (sulfide) groups is 1. The topological polar surface area (TPSA) is 46.2 Å². The quantitative estimate of drug-likeness (QED) is 0.903. The molecule has 20 heavy (non-hydrogen) atoms. The molecule has 1 fully saturated rings. The normalized spacial score (nSPS) is 23.5. The van der Waals surface area contributed by atoms with Crippen LogP contribution in [0.4, 0.5) is 5.69 Å². The van der Waals surface area contributed by atoms with Gasteiger partial charge in [-0.15, -0.1) is 0 Å². The Bertz CT molecular complexity index is 525. The van der Waals surface area contributed by atoms with Crippen LogP contribution in [-0.4, -0.2) is 31.7 Å². The maximum atomic E-state index is 11.8. The second-order valence-electron chi connectivity index (χ2n) is 5.24. The molecule has 0 amide bonds. The zero-order chi connectivity index (χ0) is 14.6. The molecule has 0 aromatic heterocycles. The van der Waals surface area contributed by atoms with Gasteiger partial charge >= 0.3 is 0 Å².